The molecule has 0 saturated heterocycles. The third-order valence-electron chi connectivity index (χ3n) is 3.75. The van der Waals surface area contributed by atoms with Gasteiger partial charge in [-0.2, -0.15) is 0 Å². The molecule has 2 aromatic carbocycles. The molecule has 4 nitrogen and oxygen atoms in total. The number of ether oxygens (including phenoxy) is 1. The summed E-state index contributed by atoms with van der Waals surface area (Å²) < 4.78 is 5.11. The summed E-state index contributed by atoms with van der Waals surface area (Å²) in [5.41, 5.74) is 3.60. The fourth-order valence-electron chi connectivity index (χ4n) is 2.27. The first-order valence-electron chi connectivity index (χ1n) is 7.84. The van der Waals surface area contributed by atoms with Crippen LogP contribution in [0, 0.1) is 6.92 Å². The SMILES string of the molecule is COc1ccc(CNC(=O)CCNCc2ccccc2C)cc1. The van der Waals surface area contributed by atoms with Crippen molar-refractivity contribution in [3.63, 3.8) is 0 Å². The van der Waals surface area contributed by atoms with Crippen molar-refractivity contribution in [2.24, 2.45) is 0 Å². The van der Waals surface area contributed by atoms with E-state index < -0.39 is 0 Å². The Bertz CT molecular complexity index is 624. The average molecular weight is 312 g/mol. The first kappa shape index (κ1) is 17.0. The number of rotatable bonds is 8. The van der Waals surface area contributed by atoms with Gasteiger partial charge in [-0.1, -0.05) is 36.4 Å². The van der Waals surface area contributed by atoms with Crippen LogP contribution >= 0.6 is 0 Å². The Labute approximate surface area is 137 Å². The van der Waals surface area contributed by atoms with Crippen molar-refractivity contribution in [2.45, 2.75) is 26.4 Å². The monoisotopic (exact) mass is 312 g/mol. The standard InChI is InChI=1S/C19H24N2O2/c1-15-5-3-4-6-17(15)14-20-12-11-19(22)21-13-16-7-9-18(23-2)10-8-16/h3-10,20H,11-14H2,1-2H3,(H,21,22). The van der Waals surface area contributed by atoms with E-state index >= 15 is 0 Å². The molecule has 0 spiro atoms. The molecule has 4 heteroatoms. The molecule has 0 unspecified atom stereocenters. The first-order valence-corrected chi connectivity index (χ1v) is 7.84. The van der Waals surface area contributed by atoms with Gasteiger partial charge < -0.3 is 15.4 Å². The summed E-state index contributed by atoms with van der Waals surface area (Å²) in [5, 5.41) is 6.24. The number of hydrogen-bond acceptors (Lipinski definition) is 3. The predicted octanol–water partition coefficient (Wildman–Crippen LogP) is 2.80. The third kappa shape index (κ3) is 5.75. The van der Waals surface area contributed by atoms with Gasteiger partial charge in [0, 0.05) is 26.1 Å². The Balaban J connectivity index is 1.64. The zero-order chi connectivity index (χ0) is 16.5. The lowest BCUT2D eigenvalue weighted by Crippen LogP contribution is -2.27. The second kappa shape index (κ2) is 8.96. The van der Waals surface area contributed by atoms with Gasteiger partial charge in [-0.3, -0.25) is 4.79 Å². The minimum atomic E-state index is 0.0538. The molecule has 0 aliphatic carbocycles. The molecule has 0 heterocycles. The molecule has 0 radical (unpaired) electrons. The number of aryl methyl sites for hydroxylation is 1. The Morgan fingerprint density at radius 1 is 1.04 bits per heavy atom. The Hall–Kier alpha value is -2.33. The highest BCUT2D eigenvalue weighted by Gasteiger charge is 2.02. The van der Waals surface area contributed by atoms with Crippen LogP contribution in [-0.4, -0.2) is 19.6 Å². The summed E-state index contributed by atoms with van der Waals surface area (Å²) in [6, 6.07) is 16.0. The summed E-state index contributed by atoms with van der Waals surface area (Å²) in [6.07, 6.45) is 0.474. The average Bonchev–Trinajstić information content (AvgIpc) is 2.59. The van der Waals surface area contributed by atoms with Crippen molar-refractivity contribution in [1.29, 1.82) is 0 Å². The fraction of sp³-hybridized carbons (Fsp3) is 0.316. The van der Waals surface area contributed by atoms with E-state index in [-0.39, 0.29) is 5.91 Å². The molecular formula is C19H24N2O2. The first-order chi connectivity index (χ1) is 11.2. The van der Waals surface area contributed by atoms with Gasteiger partial charge in [0.2, 0.25) is 5.91 Å². The van der Waals surface area contributed by atoms with Gasteiger partial charge in [0.15, 0.2) is 0 Å². The van der Waals surface area contributed by atoms with E-state index in [1.165, 1.54) is 11.1 Å². The fourth-order valence-corrected chi connectivity index (χ4v) is 2.27. The lowest BCUT2D eigenvalue weighted by molar-refractivity contribution is -0.121. The summed E-state index contributed by atoms with van der Waals surface area (Å²) in [5.74, 6) is 0.874. The van der Waals surface area contributed by atoms with Crippen molar-refractivity contribution < 1.29 is 9.53 Å². The Kier molecular flexibility index (Phi) is 6.63. The van der Waals surface area contributed by atoms with Crippen LogP contribution in [0.15, 0.2) is 48.5 Å². The van der Waals surface area contributed by atoms with Gasteiger partial charge in [0.05, 0.1) is 7.11 Å². The van der Waals surface area contributed by atoms with Gasteiger partial charge in [-0.25, -0.2) is 0 Å². The van der Waals surface area contributed by atoms with E-state index in [1.807, 2.05) is 36.4 Å². The number of hydrogen-bond donors (Lipinski definition) is 2. The molecule has 1 amide bonds. The van der Waals surface area contributed by atoms with Gasteiger partial charge in [0.25, 0.3) is 0 Å². The number of benzene rings is 2. The normalized spacial score (nSPS) is 10.3. The highest BCUT2D eigenvalue weighted by molar-refractivity contribution is 5.76. The van der Waals surface area contributed by atoms with E-state index in [0.717, 1.165) is 17.9 Å². The number of carbonyl (C=O) groups excluding carboxylic acids is 1. The van der Waals surface area contributed by atoms with E-state index in [9.17, 15) is 4.79 Å². The molecule has 0 aliphatic rings. The molecule has 23 heavy (non-hydrogen) atoms. The summed E-state index contributed by atoms with van der Waals surface area (Å²) in [6.45, 7) is 4.10. The minimum absolute atomic E-state index is 0.0538. The second-order valence-electron chi connectivity index (χ2n) is 5.48. The van der Waals surface area contributed by atoms with Crippen LogP contribution in [0.5, 0.6) is 5.75 Å². The zero-order valence-electron chi connectivity index (χ0n) is 13.8. The largest absolute Gasteiger partial charge is 0.497 e. The number of amides is 1. The maximum absolute atomic E-state index is 11.8. The molecular weight excluding hydrogens is 288 g/mol. The van der Waals surface area contributed by atoms with Crippen LogP contribution in [-0.2, 0) is 17.9 Å². The van der Waals surface area contributed by atoms with E-state index in [4.69, 9.17) is 4.74 Å². The van der Waals surface area contributed by atoms with Crippen molar-refractivity contribution >= 4 is 5.91 Å². The zero-order valence-corrected chi connectivity index (χ0v) is 13.8. The summed E-state index contributed by atoms with van der Waals surface area (Å²) in [7, 11) is 1.64. The maximum atomic E-state index is 11.8. The number of carbonyl (C=O) groups is 1. The van der Waals surface area contributed by atoms with Crippen LogP contribution in [0.1, 0.15) is 23.1 Å². The molecule has 0 saturated carbocycles. The predicted molar refractivity (Wildman–Crippen MR) is 92.3 cm³/mol. The van der Waals surface area contributed by atoms with Crippen LogP contribution < -0.4 is 15.4 Å². The molecule has 2 rings (SSSR count). The van der Waals surface area contributed by atoms with Crippen LogP contribution in [0.25, 0.3) is 0 Å². The molecule has 122 valence electrons. The topological polar surface area (TPSA) is 50.4 Å². The molecule has 0 aromatic heterocycles. The van der Waals surface area contributed by atoms with Gasteiger partial charge in [-0.15, -0.1) is 0 Å². The quantitative estimate of drug-likeness (QED) is 0.737. The smallest absolute Gasteiger partial charge is 0.221 e. The minimum Gasteiger partial charge on any atom is -0.497 e. The van der Waals surface area contributed by atoms with Crippen molar-refractivity contribution in [3.05, 3.63) is 65.2 Å². The summed E-state index contributed by atoms with van der Waals surface area (Å²) >= 11 is 0. The van der Waals surface area contributed by atoms with Crippen molar-refractivity contribution in [3.8, 4) is 5.75 Å². The molecule has 0 bridgehead atoms. The van der Waals surface area contributed by atoms with Crippen molar-refractivity contribution in [2.75, 3.05) is 13.7 Å². The van der Waals surface area contributed by atoms with Crippen LogP contribution in [0.2, 0.25) is 0 Å². The second-order valence-corrected chi connectivity index (χ2v) is 5.48. The number of methoxy groups -OCH3 is 1. The van der Waals surface area contributed by atoms with Crippen molar-refractivity contribution in [1.82, 2.24) is 10.6 Å². The third-order valence-corrected chi connectivity index (χ3v) is 3.75. The van der Waals surface area contributed by atoms with Gasteiger partial charge in [-0.05, 0) is 35.7 Å². The molecule has 0 aliphatic heterocycles. The lowest BCUT2D eigenvalue weighted by atomic mass is 10.1. The van der Waals surface area contributed by atoms with E-state index in [0.29, 0.717) is 19.5 Å². The van der Waals surface area contributed by atoms with E-state index in [2.05, 4.69) is 29.7 Å². The van der Waals surface area contributed by atoms with Crippen LogP contribution in [0.3, 0.4) is 0 Å². The Morgan fingerprint density at radius 3 is 2.48 bits per heavy atom. The van der Waals surface area contributed by atoms with Crippen LogP contribution in [0.4, 0.5) is 0 Å². The Morgan fingerprint density at radius 2 is 1.78 bits per heavy atom. The highest BCUT2D eigenvalue weighted by atomic mass is 16.5. The maximum Gasteiger partial charge on any atom is 0.221 e. The number of nitrogens with one attached hydrogen (secondary N) is 2. The molecule has 0 fully saturated rings. The highest BCUT2D eigenvalue weighted by Crippen LogP contribution is 2.11. The summed E-state index contributed by atoms with van der Waals surface area (Å²) in [4.78, 5) is 11.8. The van der Waals surface area contributed by atoms with E-state index in [1.54, 1.807) is 7.11 Å². The van der Waals surface area contributed by atoms with Gasteiger partial charge >= 0.3 is 0 Å². The molecule has 0 atom stereocenters. The molecule has 2 N–H and O–H groups in total. The lowest BCUT2D eigenvalue weighted by Gasteiger charge is -2.08. The molecule has 2 aromatic rings. The van der Waals surface area contributed by atoms with Gasteiger partial charge in [0.1, 0.15) is 5.75 Å².